The van der Waals surface area contributed by atoms with Crippen LogP contribution in [0.4, 0.5) is 5.69 Å². The Balaban J connectivity index is 1.35. The highest BCUT2D eigenvalue weighted by Crippen LogP contribution is 2.19. The number of aryl methyl sites for hydroxylation is 1. The van der Waals surface area contributed by atoms with Gasteiger partial charge in [-0.3, -0.25) is 14.7 Å². The van der Waals surface area contributed by atoms with Crippen LogP contribution in [-0.4, -0.2) is 45.8 Å². The Morgan fingerprint density at radius 1 is 1.00 bits per heavy atom. The lowest BCUT2D eigenvalue weighted by Crippen LogP contribution is -2.46. The van der Waals surface area contributed by atoms with Gasteiger partial charge < -0.3 is 4.90 Å². The van der Waals surface area contributed by atoms with Crippen molar-refractivity contribution in [2.75, 3.05) is 31.1 Å². The standard InChI is InChI=1S/C21H23N5O/c1-24-21(27)14-19(15-23-24)26-12-10-25(11-13-26)16-17-5-7-18(8-6-17)20-4-2-3-9-22-20/h2-9,14-15H,10-13,16H2,1H3. The van der Waals surface area contributed by atoms with Gasteiger partial charge in [-0.2, -0.15) is 5.10 Å². The molecule has 0 amide bonds. The predicted molar refractivity (Wildman–Crippen MR) is 107 cm³/mol. The molecule has 0 spiro atoms. The van der Waals surface area contributed by atoms with Gasteiger partial charge in [-0.05, 0) is 17.7 Å². The van der Waals surface area contributed by atoms with Gasteiger partial charge in [0.05, 0.1) is 17.6 Å². The van der Waals surface area contributed by atoms with Crippen molar-refractivity contribution in [3.63, 3.8) is 0 Å². The first-order chi connectivity index (χ1) is 13.2. The third-order valence-electron chi connectivity index (χ3n) is 5.01. The van der Waals surface area contributed by atoms with Gasteiger partial charge in [0.25, 0.3) is 5.56 Å². The van der Waals surface area contributed by atoms with Crippen LogP contribution in [0.1, 0.15) is 5.56 Å². The minimum Gasteiger partial charge on any atom is -0.368 e. The molecule has 27 heavy (non-hydrogen) atoms. The first-order valence-electron chi connectivity index (χ1n) is 9.20. The van der Waals surface area contributed by atoms with Crippen LogP contribution in [0.15, 0.2) is 65.7 Å². The molecule has 0 atom stereocenters. The molecular formula is C21H23N5O. The maximum Gasteiger partial charge on any atom is 0.268 e. The lowest BCUT2D eigenvalue weighted by molar-refractivity contribution is 0.250. The van der Waals surface area contributed by atoms with Gasteiger partial charge in [0.2, 0.25) is 0 Å². The number of pyridine rings is 1. The second-order valence-electron chi connectivity index (χ2n) is 6.85. The molecule has 0 saturated carbocycles. The average Bonchev–Trinajstić information content (AvgIpc) is 2.72. The fourth-order valence-electron chi connectivity index (χ4n) is 3.37. The van der Waals surface area contributed by atoms with Crippen molar-refractivity contribution in [2.24, 2.45) is 7.05 Å². The van der Waals surface area contributed by atoms with Crippen LogP contribution in [0.25, 0.3) is 11.3 Å². The first-order valence-corrected chi connectivity index (χ1v) is 9.20. The van der Waals surface area contributed by atoms with E-state index in [1.54, 1.807) is 19.3 Å². The highest BCUT2D eigenvalue weighted by Gasteiger charge is 2.18. The van der Waals surface area contributed by atoms with Crippen LogP contribution in [0.3, 0.4) is 0 Å². The fourth-order valence-corrected chi connectivity index (χ4v) is 3.37. The zero-order chi connectivity index (χ0) is 18.6. The predicted octanol–water partition coefficient (Wildman–Crippen LogP) is 2.16. The molecule has 1 aliphatic heterocycles. The van der Waals surface area contributed by atoms with Crippen molar-refractivity contribution in [1.82, 2.24) is 19.7 Å². The Labute approximate surface area is 158 Å². The molecule has 0 bridgehead atoms. The third-order valence-corrected chi connectivity index (χ3v) is 5.01. The summed E-state index contributed by atoms with van der Waals surface area (Å²) in [7, 11) is 1.67. The topological polar surface area (TPSA) is 54.3 Å². The van der Waals surface area contributed by atoms with Crippen LogP contribution < -0.4 is 10.5 Å². The largest absolute Gasteiger partial charge is 0.368 e. The maximum absolute atomic E-state index is 11.8. The summed E-state index contributed by atoms with van der Waals surface area (Å²) in [6, 6.07) is 16.3. The number of benzene rings is 1. The van der Waals surface area contributed by atoms with Crippen LogP contribution >= 0.6 is 0 Å². The number of aromatic nitrogens is 3. The van der Waals surface area contributed by atoms with Gasteiger partial charge in [-0.25, -0.2) is 4.68 Å². The number of rotatable bonds is 4. The normalized spacial score (nSPS) is 15.1. The zero-order valence-electron chi connectivity index (χ0n) is 15.5. The molecule has 4 rings (SSSR count). The highest BCUT2D eigenvalue weighted by molar-refractivity contribution is 5.59. The summed E-state index contributed by atoms with van der Waals surface area (Å²) in [4.78, 5) is 20.9. The summed E-state index contributed by atoms with van der Waals surface area (Å²) < 4.78 is 1.36. The lowest BCUT2D eigenvalue weighted by atomic mass is 10.1. The Bertz CT molecular complexity index is 944. The summed E-state index contributed by atoms with van der Waals surface area (Å²) in [6.45, 7) is 4.68. The van der Waals surface area contributed by atoms with Crippen LogP contribution in [0.2, 0.25) is 0 Å². The summed E-state index contributed by atoms with van der Waals surface area (Å²) >= 11 is 0. The number of piperazine rings is 1. The monoisotopic (exact) mass is 361 g/mol. The van der Waals surface area contributed by atoms with Gasteiger partial charge in [0.15, 0.2) is 0 Å². The zero-order valence-corrected chi connectivity index (χ0v) is 15.5. The number of anilines is 1. The molecule has 0 radical (unpaired) electrons. The Hall–Kier alpha value is -2.99. The molecule has 1 aliphatic rings. The minimum atomic E-state index is -0.0667. The van der Waals surface area contributed by atoms with Crippen molar-refractivity contribution in [3.05, 3.63) is 76.8 Å². The van der Waals surface area contributed by atoms with E-state index in [2.05, 4.69) is 44.1 Å². The fraction of sp³-hybridized carbons (Fsp3) is 0.286. The van der Waals surface area contributed by atoms with Crippen molar-refractivity contribution in [1.29, 1.82) is 0 Å². The molecule has 1 fully saturated rings. The molecule has 6 nitrogen and oxygen atoms in total. The second kappa shape index (κ2) is 7.72. The Morgan fingerprint density at radius 3 is 2.44 bits per heavy atom. The van der Waals surface area contributed by atoms with Gasteiger partial charge in [0, 0.05) is 57.6 Å². The molecule has 0 aliphatic carbocycles. The third kappa shape index (κ3) is 4.06. The summed E-state index contributed by atoms with van der Waals surface area (Å²) in [5, 5.41) is 4.12. The molecule has 1 aromatic carbocycles. The van der Waals surface area contributed by atoms with E-state index in [9.17, 15) is 4.79 Å². The van der Waals surface area contributed by atoms with E-state index < -0.39 is 0 Å². The smallest absolute Gasteiger partial charge is 0.268 e. The van der Waals surface area contributed by atoms with E-state index in [4.69, 9.17) is 0 Å². The van der Waals surface area contributed by atoms with E-state index in [-0.39, 0.29) is 5.56 Å². The van der Waals surface area contributed by atoms with Gasteiger partial charge in [-0.1, -0.05) is 30.3 Å². The molecule has 138 valence electrons. The minimum absolute atomic E-state index is 0.0667. The van der Waals surface area contributed by atoms with E-state index in [1.165, 1.54) is 10.2 Å². The van der Waals surface area contributed by atoms with Crippen molar-refractivity contribution in [3.8, 4) is 11.3 Å². The summed E-state index contributed by atoms with van der Waals surface area (Å²) in [5.74, 6) is 0. The number of hydrogen-bond acceptors (Lipinski definition) is 5. The molecule has 3 heterocycles. The first kappa shape index (κ1) is 17.4. The Morgan fingerprint density at radius 2 is 1.78 bits per heavy atom. The Kier molecular flexibility index (Phi) is 4.98. The number of hydrogen-bond donors (Lipinski definition) is 0. The van der Waals surface area contributed by atoms with E-state index >= 15 is 0 Å². The highest BCUT2D eigenvalue weighted by atomic mass is 16.1. The molecule has 0 unspecified atom stereocenters. The van der Waals surface area contributed by atoms with Crippen LogP contribution in [0.5, 0.6) is 0 Å². The lowest BCUT2D eigenvalue weighted by Gasteiger charge is -2.35. The maximum atomic E-state index is 11.8. The van der Waals surface area contributed by atoms with Crippen LogP contribution in [-0.2, 0) is 13.6 Å². The van der Waals surface area contributed by atoms with E-state index in [0.717, 1.165) is 49.7 Å². The molecule has 0 N–H and O–H groups in total. The average molecular weight is 361 g/mol. The van der Waals surface area contributed by atoms with E-state index in [1.807, 2.05) is 24.4 Å². The molecular weight excluding hydrogens is 338 g/mol. The van der Waals surface area contributed by atoms with Crippen molar-refractivity contribution >= 4 is 5.69 Å². The second-order valence-corrected chi connectivity index (χ2v) is 6.85. The molecule has 2 aromatic heterocycles. The van der Waals surface area contributed by atoms with E-state index in [0.29, 0.717) is 0 Å². The quantitative estimate of drug-likeness (QED) is 0.713. The van der Waals surface area contributed by atoms with Crippen molar-refractivity contribution in [2.45, 2.75) is 6.54 Å². The molecule has 1 saturated heterocycles. The molecule has 6 heteroatoms. The van der Waals surface area contributed by atoms with Crippen LogP contribution in [0, 0.1) is 0 Å². The molecule has 3 aromatic rings. The van der Waals surface area contributed by atoms with Gasteiger partial charge in [-0.15, -0.1) is 0 Å². The van der Waals surface area contributed by atoms with Crippen molar-refractivity contribution < 1.29 is 0 Å². The summed E-state index contributed by atoms with van der Waals surface area (Å²) in [5.41, 5.74) is 4.29. The SMILES string of the molecule is Cn1ncc(N2CCN(Cc3ccc(-c4ccccn4)cc3)CC2)cc1=O. The van der Waals surface area contributed by atoms with Gasteiger partial charge in [0.1, 0.15) is 0 Å². The van der Waals surface area contributed by atoms with Gasteiger partial charge >= 0.3 is 0 Å². The number of nitrogens with zero attached hydrogens (tertiary/aromatic N) is 5. The summed E-state index contributed by atoms with van der Waals surface area (Å²) in [6.07, 6.45) is 3.59.